The number of nitrogens with zero attached hydrogens (tertiary/aromatic N) is 1. The van der Waals surface area contributed by atoms with Crippen LogP contribution in [-0.2, 0) is 14.8 Å². The molecule has 0 heterocycles. The van der Waals surface area contributed by atoms with Crippen LogP contribution in [0.15, 0.2) is 54.6 Å². The minimum absolute atomic E-state index is 0.436. The van der Waals surface area contributed by atoms with Crippen LogP contribution in [0, 0.1) is 0 Å². The molecular formula is C18H22N2O4S. The third kappa shape index (κ3) is 4.73. The second kappa shape index (κ2) is 8.02. The fraction of sp³-hybridized carbons (Fsp3) is 0.278. The van der Waals surface area contributed by atoms with Crippen molar-refractivity contribution in [2.75, 3.05) is 22.5 Å². The smallest absolute Gasteiger partial charge is 0.248 e. The Balaban J connectivity index is 2.28. The molecule has 134 valence electrons. The Labute approximate surface area is 148 Å². The Morgan fingerprint density at radius 2 is 1.72 bits per heavy atom. The second-order valence-electron chi connectivity index (χ2n) is 5.49. The normalized spacial score (nSPS) is 12.3. The summed E-state index contributed by atoms with van der Waals surface area (Å²) in [4.78, 5) is 12.7. The molecule has 0 aliphatic rings. The number of para-hydroxylation sites is 3. The number of ether oxygens (including phenoxy) is 1. The molecule has 1 atom stereocenters. The fourth-order valence-electron chi connectivity index (χ4n) is 2.47. The van der Waals surface area contributed by atoms with E-state index in [1.807, 2.05) is 6.92 Å². The predicted molar refractivity (Wildman–Crippen MR) is 99.5 cm³/mol. The zero-order valence-electron chi connectivity index (χ0n) is 14.5. The Bertz CT molecular complexity index is 822. The first-order valence-corrected chi connectivity index (χ1v) is 9.76. The number of hydrogen-bond donors (Lipinski definition) is 1. The molecule has 0 bridgehead atoms. The van der Waals surface area contributed by atoms with E-state index in [9.17, 15) is 13.2 Å². The first kappa shape index (κ1) is 18.8. The van der Waals surface area contributed by atoms with Crippen LogP contribution >= 0.6 is 0 Å². The minimum Gasteiger partial charge on any atom is -0.492 e. The molecule has 7 heteroatoms. The minimum atomic E-state index is -3.63. The molecule has 0 saturated carbocycles. The highest BCUT2D eigenvalue weighted by Crippen LogP contribution is 2.25. The molecule has 0 fully saturated rings. The molecule has 25 heavy (non-hydrogen) atoms. The molecule has 2 rings (SSSR count). The number of anilines is 2. The van der Waals surface area contributed by atoms with Crippen molar-refractivity contribution < 1.29 is 17.9 Å². The predicted octanol–water partition coefficient (Wildman–Crippen LogP) is 2.88. The zero-order valence-corrected chi connectivity index (χ0v) is 15.3. The van der Waals surface area contributed by atoms with E-state index in [1.165, 1.54) is 0 Å². The maximum absolute atomic E-state index is 12.7. The van der Waals surface area contributed by atoms with Crippen molar-refractivity contribution in [3.05, 3.63) is 54.6 Å². The van der Waals surface area contributed by atoms with Gasteiger partial charge in [0, 0.05) is 0 Å². The zero-order chi connectivity index (χ0) is 18.4. The summed E-state index contributed by atoms with van der Waals surface area (Å²) in [7, 11) is -3.63. The summed E-state index contributed by atoms with van der Waals surface area (Å²) in [6.45, 7) is 3.86. The van der Waals surface area contributed by atoms with Crippen LogP contribution < -0.4 is 14.4 Å². The number of sulfonamides is 1. The van der Waals surface area contributed by atoms with Gasteiger partial charge in [0.25, 0.3) is 0 Å². The van der Waals surface area contributed by atoms with Crippen LogP contribution in [0.5, 0.6) is 5.75 Å². The van der Waals surface area contributed by atoms with Gasteiger partial charge in [0.1, 0.15) is 11.8 Å². The number of nitrogens with one attached hydrogen (secondary N) is 1. The van der Waals surface area contributed by atoms with E-state index in [2.05, 4.69) is 5.32 Å². The van der Waals surface area contributed by atoms with Gasteiger partial charge in [0.05, 0.1) is 24.2 Å². The van der Waals surface area contributed by atoms with E-state index < -0.39 is 22.0 Å². The third-order valence-electron chi connectivity index (χ3n) is 3.54. The molecular weight excluding hydrogens is 340 g/mol. The van der Waals surface area contributed by atoms with Crippen molar-refractivity contribution >= 4 is 27.3 Å². The Morgan fingerprint density at radius 1 is 1.12 bits per heavy atom. The highest BCUT2D eigenvalue weighted by atomic mass is 32.2. The number of hydrogen-bond acceptors (Lipinski definition) is 4. The monoisotopic (exact) mass is 362 g/mol. The average molecular weight is 362 g/mol. The molecule has 0 unspecified atom stereocenters. The lowest BCUT2D eigenvalue weighted by Crippen LogP contribution is -2.45. The van der Waals surface area contributed by atoms with Gasteiger partial charge in [-0.05, 0) is 38.1 Å². The highest BCUT2D eigenvalue weighted by Gasteiger charge is 2.29. The number of rotatable bonds is 7. The van der Waals surface area contributed by atoms with Gasteiger partial charge in [-0.3, -0.25) is 9.10 Å². The van der Waals surface area contributed by atoms with Crippen LogP contribution in [0.25, 0.3) is 0 Å². The van der Waals surface area contributed by atoms with Crippen molar-refractivity contribution in [2.24, 2.45) is 0 Å². The number of carbonyl (C=O) groups is 1. The SMILES string of the molecule is CCOc1ccccc1NC(=O)[C@@H](C)N(c1ccccc1)S(C)(=O)=O. The van der Waals surface area contributed by atoms with Gasteiger partial charge in [-0.1, -0.05) is 30.3 Å². The average Bonchev–Trinajstić information content (AvgIpc) is 2.56. The van der Waals surface area contributed by atoms with Crippen LogP contribution in [0.2, 0.25) is 0 Å². The van der Waals surface area contributed by atoms with Gasteiger partial charge in [0.2, 0.25) is 15.9 Å². The van der Waals surface area contributed by atoms with Gasteiger partial charge < -0.3 is 10.1 Å². The van der Waals surface area contributed by atoms with Crippen LogP contribution in [-0.4, -0.2) is 33.2 Å². The van der Waals surface area contributed by atoms with Crippen molar-refractivity contribution in [3.63, 3.8) is 0 Å². The molecule has 2 aromatic rings. The van der Waals surface area contributed by atoms with Gasteiger partial charge in [-0.25, -0.2) is 8.42 Å². The van der Waals surface area contributed by atoms with Gasteiger partial charge in [0.15, 0.2) is 0 Å². The summed E-state index contributed by atoms with van der Waals surface area (Å²) in [5.74, 6) is 0.0950. The molecule has 2 aromatic carbocycles. The van der Waals surface area contributed by atoms with Crippen molar-refractivity contribution in [3.8, 4) is 5.75 Å². The summed E-state index contributed by atoms with van der Waals surface area (Å²) in [5.41, 5.74) is 0.938. The largest absolute Gasteiger partial charge is 0.492 e. The third-order valence-corrected chi connectivity index (χ3v) is 4.79. The summed E-state index contributed by atoms with van der Waals surface area (Å²) in [5, 5.41) is 2.75. The molecule has 0 aromatic heterocycles. The molecule has 0 spiro atoms. The first-order chi connectivity index (χ1) is 11.8. The summed E-state index contributed by atoms with van der Waals surface area (Å²) in [6.07, 6.45) is 1.08. The maximum atomic E-state index is 12.7. The molecule has 1 amide bonds. The second-order valence-corrected chi connectivity index (χ2v) is 7.35. The lowest BCUT2D eigenvalue weighted by molar-refractivity contribution is -0.116. The Kier molecular flexibility index (Phi) is 6.03. The topological polar surface area (TPSA) is 75.7 Å². The van der Waals surface area contributed by atoms with Crippen molar-refractivity contribution in [1.29, 1.82) is 0 Å². The number of carbonyl (C=O) groups excluding carboxylic acids is 1. The molecule has 0 aliphatic carbocycles. The van der Waals surface area contributed by atoms with Gasteiger partial charge in [-0.2, -0.15) is 0 Å². The van der Waals surface area contributed by atoms with Crippen LogP contribution in [0.1, 0.15) is 13.8 Å². The lowest BCUT2D eigenvalue weighted by atomic mass is 10.2. The molecule has 0 radical (unpaired) electrons. The lowest BCUT2D eigenvalue weighted by Gasteiger charge is -2.28. The van der Waals surface area contributed by atoms with Crippen molar-refractivity contribution in [1.82, 2.24) is 0 Å². The van der Waals surface area contributed by atoms with Crippen LogP contribution in [0.4, 0.5) is 11.4 Å². The number of benzene rings is 2. The van der Waals surface area contributed by atoms with Crippen LogP contribution in [0.3, 0.4) is 0 Å². The number of amides is 1. The first-order valence-electron chi connectivity index (χ1n) is 7.91. The fourth-order valence-corrected chi connectivity index (χ4v) is 3.65. The molecule has 0 aliphatic heterocycles. The molecule has 6 nitrogen and oxygen atoms in total. The van der Waals surface area contributed by atoms with Gasteiger partial charge >= 0.3 is 0 Å². The van der Waals surface area contributed by atoms with E-state index in [0.717, 1.165) is 10.6 Å². The van der Waals surface area contributed by atoms with Gasteiger partial charge in [-0.15, -0.1) is 0 Å². The van der Waals surface area contributed by atoms with E-state index >= 15 is 0 Å². The van der Waals surface area contributed by atoms with E-state index in [1.54, 1.807) is 61.5 Å². The van der Waals surface area contributed by atoms with E-state index in [-0.39, 0.29) is 0 Å². The maximum Gasteiger partial charge on any atom is 0.248 e. The quantitative estimate of drug-likeness (QED) is 0.822. The Morgan fingerprint density at radius 3 is 2.32 bits per heavy atom. The summed E-state index contributed by atoms with van der Waals surface area (Å²) < 4.78 is 31.0. The molecule has 1 N–H and O–H groups in total. The Hall–Kier alpha value is -2.54. The van der Waals surface area contributed by atoms with Crippen molar-refractivity contribution in [2.45, 2.75) is 19.9 Å². The summed E-state index contributed by atoms with van der Waals surface area (Å²) >= 11 is 0. The summed E-state index contributed by atoms with van der Waals surface area (Å²) in [6, 6.07) is 14.6. The van der Waals surface area contributed by atoms with E-state index in [0.29, 0.717) is 23.7 Å². The van der Waals surface area contributed by atoms with E-state index in [4.69, 9.17) is 4.74 Å². The highest BCUT2D eigenvalue weighted by molar-refractivity contribution is 7.92. The standard InChI is InChI=1S/C18H22N2O4S/c1-4-24-17-13-9-8-12-16(17)19-18(21)14(2)20(25(3,22)23)15-10-6-5-7-11-15/h5-14H,4H2,1-3H3,(H,19,21)/t14-/m1/s1. The molecule has 0 saturated heterocycles.